The zero-order chi connectivity index (χ0) is 9.46. The number of hydrogen-bond acceptors (Lipinski definition) is 2. The van der Waals surface area contributed by atoms with Gasteiger partial charge in [-0.1, -0.05) is 31.9 Å². The van der Waals surface area contributed by atoms with Crippen LogP contribution in [0.2, 0.25) is 0 Å². The summed E-state index contributed by atoms with van der Waals surface area (Å²) < 4.78 is 26.0. The molecule has 70 valence electrons. The molecule has 0 aromatic heterocycles. The first kappa shape index (κ1) is 10.6. The molecule has 6 heteroatoms. The molecule has 4 unspecified atom stereocenters. The molecule has 0 heterocycles. The summed E-state index contributed by atoms with van der Waals surface area (Å²) in [5.74, 6) is -0.869. The number of hydrogen-bond donors (Lipinski definition) is 2. The topological polar surface area (TPSA) is 52.0 Å². The molecule has 0 saturated heterocycles. The minimum absolute atomic E-state index is 0.0261. The van der Waals surface area contributed by atoms with Gasteiger partial charge in [0.05, 0.1) is 10.9 Å². The first-order chi connectivity index (χ1) is 5.46. The van der Waals surface area contributed by atoms with E-state index in [1.165, 1.54) is 0 Å². The van der Waals surface area contributed by atoms with Gasteiger partial charge in [0.15, 0.2) is 6.17 Å². The van der Waals surface area contributed by atoms with Crippen molar-refractivity contribution in [1.82, 2.24) is 0 Å². The predicted octanol–water partition coefficient (Wildman–Crippen LogP) is 1.33. The highest BCUT2D eigenvalue weighted by Gasteiger charge is 2.40. The summed E-state index contributed by atoms with van der Waals surface area (Å²) in [5.41, 5.74) is 11.0. The van der Waals surface area contributed by atoms with Crippen LogP contribution in [0.5, 0.6) is 0 Å². The van der Waals surface area contributed by atoms with Crippen molar-refractivity contribution in [3.8, 4) is 0 Å². The smallest absolute Gasteiger partial charge is 0.166 e. The molecule has 4 atom stereocenters. The minimum Gasteiger partial charge on any atom is -0.325 e. The molecular weight excluding hydrogens is 298 g/mol. The third-order valence-corrected chi connectivity index (χ3v) is 3.81. The van der Waals surface area contributed by atoms with Crippen molar-refractivity contribution < 1.29 is 8.78 Å². The second kappa shape index (κ2) is 3.69. The summed E-state index contributed by atoms with van der Waals surface area (Å²) in [5, 5.41) is 0. The lowest BCUT2D eigenvalue weighted by Gasteiger charge is -2.31. The average Bonchev–Trinajstić information content (AvgIpc) is 2.08. The maximum Gasteiger partial charge on any atom is 0.166 e. The van der Waals surface area contributed by atoms with Crippen LogP contribution >= 0.6 is 31.9 Å². The van der Waals surface area contributed by atoms with E-state index in [-0.39, 0.29) is 4.48 Å². The highest BCUT2D eigenvalue weighted by Crippen LogP contribution is 2.34. The summed E-state index contributed by atoms with van der Waals surface area (Å²) in [7, 11) is 0. The second-order valence-corrected chi connectivity index (χ2v) is 4.56. The molecular formula is C6H8Br2F2N2. The predicted molar refractivity (Wildman–Crippen MR) is 50.6 cm³/mol. The average molecular weight is 306 g/mol. The molecule has 0 aliphatic heterocycles. The van der Waals surface area contributed by atoms with Gasteiger partial charge in [0.25, 0.3) is 0 Å². The van der Waals surface area contributed by atoms with E-state index in [0.717, 1.165) is 0 Å². The molecule has 12 heavy (non-hydrogen) atoms. The highest BCUT2D eigenvalue weighted by atomic mass is 79.9. The molecule has 1 aliphatic carbocycles. The first-order valence-electron chi connectivity index (χ1n) is 3.31. The lowest BCUT2D eigenvalue weighted by atomic mass is 9.96. The molecule has 0 fully saturated rings. The number of nitrogens with two attached hydrogens (primary N) is 2. The van der Waals surface area contributed by atoms with Crippen LogP contribution in [0.3, 0.4) is 0 Å². The van der Waals surface area contributed by atoms with Crippen LogP contribution < -0.4 is 11.5 Å². The van der Waals surface area contributed by atoms with Crippen molar-refractivity contribution in [3.05, 3.63) is 10.3 Å². The SMILES string of the molecule is NC1C(Br)=C(F)C(F)C(Br)C1N. The maximum absolute atomic E-state index is 13.0. The molecule has 0 bridgehead atoms. The van der Waals surface area contributed by atoms with Gasteiger partial charge in [-0.15, -0.1) is 0 Å². The Morgan fingerprint density at radius 3 is 2.33 bits per heavy atom. The van der Waals surface area contributed by atoms with E-state index in [4.69, 9.17) is 11.5 Å². The van der Waals surface area contributed by atoms with Crippen molar-refractivity contribution >= 4 is 31.9 Å². The fraction of sp³-hybridized carbons (Fsp3) is 0.667. The number of halogens is 4. The molecule has 4 N–H and O–H groups in total. The van der Waals surface area contributed by atoms with Gasteiger partial charge in [0.1, 0.15) is 5.83 Å². The Morgan fingerprint density at radius 2 is 1.83 bits per heavy atom. The summed E-state index contributed by atoms with van der Waals surface area (Å²) in [6, 6.07) is -1.30. The molecule has 0 spiro atoms. The number of alkyl halides is 2. The van der Waals surface area contributed by atoms with Crippen molar-refractivity contribution in [2.24, 2.45) is 11.5 Å². The van der Waals surface area contributed by atoms with Crippen molar-refractivity contribution in [3.63, 3.8) is 0 Å². The van der Waals surface area contributed by atoms with Gasteiger partial charge >= 0.3 is 0 Å². The van der Waals surface area contributed by atoms with E-state index >= 15 is 0 Å². The third-order valence-electron chi connectivity index (χ3n) is 1.82. The largest absolute Gasteiger partial charge is 0.325 e. The van der Waals surface area contributed by atoms with Crippen LogP contribution in [-0.4, -0.2) is 23.1 Å². The Labute approximate surface area is 85.6 Å². The van der Waals surface area contributed by atoms with Crippen LogP contribution in [0.25, 0.3) is 0 Å². The van der Waals surface area contributed by atoms with Crippen molar-refractivity contribution in [2.45, 2.75) is 23.1 Å². The monoisotopic (exact) mass is 304 g/mol. The highest BCUT2D eigenvalue weighted by molar-refractivity contribution is 9.11. The zero-order valence-electron chi connectivity index (χ0n) is 5.98. The lowest BCUT2D eigenvalue weighted by Crippen LogP contribution is -2.54. The van der Waals surface area contributed by atoms with E-state index in [1.807, 2.05) is 0 Å². The molecule has 0 aromatic carbocycles. The van der Waals surface area contributed by atoms with Gasteiger partial charge in [-0.2, -0.15) is 0 Å². The van der Waals surface area contributed by atoms with Gasteiger partial charge in [0, 0.05) is 10.5 Å². The number of allylic oxidation sites excluding steroid dienone is 1. The lowest BCUT2D eigenvalue weighted by molar-refractivity contribution is 0.277. The Morgan fingerprint density at radius 1 is 1.33 bits per heavy atom. The maximum atomic E-state index is 13.0. The molecule has 0 saturated carbocycles. The van der Waals surface area contributed by atoms with Crippen molar-refractivity contribution in [1.29, 1.82) is 0 Å². The molecule has 0 aromatic rings. The van der Waals surface area contributed by atoms with E-state index in [0.29, 0.717) is 0 Å². The molecule has 1 aliphatic rings. The fourth-order valence-electron chi connectivity index (χ4n) is 0.993. The van der Waals surface area contributed by atoms with E-state index in [9.17, 15) is 8.78 Å². The molecule has 0 amide bonds. The fourth-order valence-corrected chi connectivity index (χ4v) is 2.08. The molecule has 0 radical (unpaired) electrons. The van der Waals surface area contributed by atoms with E-state index in [1.54, 1.807) is 0 Å². The summed E-state index contributed by atoms with van der Waals surface area (Å²) in [4.78, 5) is -0.756. The van der Waals surface area contributed by atoms with Gasteiger partial charge in [0.2, 0.25) is 0 Å². The standard InChI is InChI=1S/C6H8Br2F2N2/c7-1-3(9)4(10)2(8)6(12)5(1)11/h1,3,5-6H,11-12H2. The zero-order valence-corrected chi connectivity index (χ0v) is 9.15. The van der Waals surface area contributed by atoms with Crippen molar-refractivity contribution in [2.75, 3.05) is 0 Å². The Hall–Kier alpha value is 0.480. The Kier molecular flexibility index (Phi) is 3.25. The summed E-state index contributed by atoms with van der Waals surface area (Å²) in [6.07, 6.45) is -1.71. The molecule has 1 rings (SSSR count). The summed E-state index contributed by atoms with van der Waals surface area (Å²) >= 11 is 5.82. The van der Waals surface area contributed by atoms with Gasteiger partial charge in [-0.05, 0) is 0 Å². The first-order valence-corrected chi connectivity index (χ1v) is 5.02. The second-order valence-electron chi connectivity index (χ2n) is 2.65. The van der Waals surface area contributed by atoms with Gasteiger partial charge in [-0.3, -0.25) is 0 Å². The number of rotatable bonds is 0. The van der Waals surface area contributed by atoms with E-state index < -0.39 is 28.9 Å². The van der Waals surface area contributed by atoms with Crippen LogP contribution in [0.4, 0.5) is 8.78 Å². The van der Waals surface area contributed by atoms with Gasteiger partial charge < -0.3 is 11.5 Å². The Bertz CT molecular complexity index is 200. The quantitative estimate of drug-likeness (QED) is 0.664. The van der Waals surface area contributed by atoms with E-state index in [2.05, 4.69) is 31.9 Å². The van der Waals surface area contributed by atoms with Crippen LogP contribution in [0, 0.1) is 0 Å². The van der Waals surface area contributed by atoms with Crippen LogP contribution in [-0.2, 0) is 0 Å². The third kappa shape index (κ3) is 1.57. The minimum atomic E-state index is -1.71. The van der Waals surface area contributed by atoms with Gasteiger partial charge in [-0.25, -0.2) is 8.78 Å². The molecule has 2 nitrogen and oxygen atoms in total. The summed E-state index contributed by atoms with van der Waals surface area (Å²) in [6.45, 7) is 0. The normalized spacial score (nSPS) is 43.5. The Balaban J connectivity index is 3.00. The van der Waals surface area contributed by atoms with Crippen LogP contribution in [0.15, 0.2) is 10.3 Å². The van der Waals surface area contributed by atoms with Crippen LogP contribution in [0.1, 0.15) is 0 Å².